The van der Waals surface area contributed by atoms with E-state index in [0.29, 0.717) is 18.0 Å². The van der Waals surface area contributed by atoms with Crippen molar-refractivity contribution in [1.82, 2.24) is 9.88 Å². The third-order valence-corrected chi connectivity index (χ3v) is 4.47. The highest BCUT2D eigenvalue weighted by Gasteiger charge is 2.28. The van der Waals surface area contributed by atoms with Crippen molar-refractivity contribution in [2.75, 3.05) is 20.2 Å². The number of aromatic nitrogens is 1. The highest BCUT2D eigenvalue weighted by Crippen LogP contribution is 2.19. The summed E-state index contributed by atoms with van der Waals surface area (Å²) in [6.07, 6.45) is 4.09. The number of likely N-dealkylation sites (tertiary alicyclic amines) is 1. The summed E-state index contributed by atoms with van der Waals surface area (Å²) < 4.78 is 5.37. The van der Waals surface area contributed by atoms with Crippen molar-refractivity contribution in [3.8, 4) is 5.88 Å². The molecule has 6 nitrogen and oxygen atoms in total. The van der Waals surface area contributed by atoms with Crippen LogP contribution >= 0.6 is 0 Å². The summed E-state index contributed by atoms with van der Waals surface area (Å²) in [6.45, 7) is 8.64. The van der Waals surface area contributed by atoms with E-state index in [1.807, 2.05) is 19.1 Å². The molecule has 0 radical (unpaired) electrons. The van der Waals surface area contributed by atoms with Crippen LogP contribution in [0.4, 0.5) is 0 Å². The first-order valence-corrected chi connectivity index (χ1v) is 8.39. The van der Waals surface area contributed by atoms with Crippen molar-refractivity contribution in [2.24, 2.45) is 11.1 Å². The van der Waals surface area contributed by atoms with Crippen LogP contribution < -0.4 is 10.5 Å². The van der Waals surface area contributed by atoms with E-state index in [2.05, 4.69) is 23.9 Å². The lowest BCUT2D eigenvalue weighted by atomic mass is 9.95. The van der Waals surface area contributed by atoms with Crippen LogP contribution in [0.1, 0.15) is 39.2 Å². The van der Waals surface area contributed by atoms with Gasteiger partial charge in [-0.3, -0.25) is 4.79 Å². The topological polar surface area (TPSA) is 88.7 Å². The number of rotatable bonds is 4. The summed E-state index contributed by atoms with van der Waals surface area (Å²) in [5.74, 6) is -0.386. The first kappa shape index (κ1) is 20.4. The first-order chi connectivity index (χ1) is 11.1. The predicted octanol–water partition coefficient (Wildman–Crippen LogP) is 2.31. The van der Waals surface area contributed by atoms with Gasteiger partial charge in [0, 0.05) is 23.8 Å². The second-order valence-corrected chi connectivity index (χ2v) is 7.13. The number of aryl methyl sites for hydroxylation is 1. The monoisotopic (exact) mass is 337 g/mol. The summed E-state index contributed by atoms with van der Waals surface area (Å²) in [6, 6.07) is 4.67. The molecule has 0 amide bonds. The maximum atomic E-state index is 10.8. The van der Waals surface area contributed by atoms with Crippen LogP contribution in [0, 0.1) is 12.3 Å². The summed E-state index contributed by atoms with van der Waals surface area (Å²) in [5, 5.41) is 8.89. The molecule has 2 rings (SSSR count). The number of carboxylic acid groups (broad SMARTS) is 1. The van der Waals surface area contributed by atoms with Gasteiger partial charge in [-0.1, -0.05) is 6.07 Å². The van der Waals surface area contributed by atoms with Gasteiger partial charge in [0.15, 0.2) is 0 Å². The Morgan fingerprint density at radius 3 is 2.71 bits per heavy atom. The van der Waals surface area contributed by atoms with Crippen molar-refractivity contribution in [2.45, 2.75) is 52.6 Å². The number of hydrogen-bond acceptors (Lipinski definition) is 5. The Hall–Kier alpha value is -1.66. The molecule has 2 atom stereocenters. The van der Waals surface area contributed by atoms with E-state index in [-0.39, 0.29) is 6.61 Å². The van der Waals surface area contributed by atoms with Gasteiger partial charge in [0.25, 0.3) is 0 Å². The van der Waals surface area contributed by atoms with Crippen LogP contribution in [0.15, 0.2) is 18.3 Å². The number of ether oxygens (including phenoxy) is 1. The van der Waals surface area contributed by atoms with E-state index in [9.17, 15) is 4.79 Å². The van der Waals surface area contributed by atoms with E-state index in [1.54, 1.807) is 20.0 Å². The van der Waals surface area contributed by atoms with Gasteiger partial charge in [-0.05, 0) is 60.2 Å². The normalized spacial score (nSPS) is 21.6. The predicted molar refractivity (Wildman–Crippen MR) is 95.2 cm³/mol. The fourth-order valence-electron chi connectivity index (χ4n) is 2.28. The third kappa shape index (κ3) is 6.09. The second kappa shape index (κ2) is 8.99. The molecule has 2 heterocycles. The SMILES string of the molecule is CC1C(N)CCCN1C.Cc1cccnc1OCC(C)(C)C(=O)O. The highest BCUT2D eigenvalue weighted by molar-refractivity contribution is 5.73. The molecule has 1 saturated heterocycles. The Morgan fingerprint density at radius 2 is 2.21 bits per heavy atom. The molecule has 1 aliphatic heterocycles. The molecular weight excluding hydrogens is 306 g/mol. The van der Waals surface area contributed by atoms with E-state index < -0.39 is 11.4 Å². The number of aliphatic carboxylic acids is 1. The number of nitrogens with zero attached hydrogens (tertiary/aromatic N) is 2. The first-order valence-electron chi connectivity index (χ1n) is 8.39. The van der Waals surface area contributed by atoms with Gasteiger partial charge >= 0.3 is 5.97 Å². The molecule has 24 heavy (non-hydrogen) atoms. The number of likely N-dealkylation sites (N-methyl/N-ethyl adjacent to an activating group) is 1. The van der Waals surface area contributed by atoms with Gasteiger partial charge in [0.1, 0.15) is 6.61 Å². The lowest BCUT2D eigenvalue weighted by Gasteiger charge is -2.34. The van der Waals surface area contributed by atoms with Gasteiger partial charge in [-0.2, -0.15) is 0 Å². The maximum Gasteiger partial charge on any atom is 0.312 e. The summed E-state index contributed by atoms with van der Waals surface area (Å²) in [7, 11) is 2.14. The molecular formula is C18H31N3O3. The number of carbonyl (C=O) groups is 1. The molecule has 1 aromatic rings. The molecule has 0 bridgehead atoms. The maximum absolute atomic E-state index is 10.8. The zero-order chi connectivity index (χ0) is 18.3. The molecule has 1 aliphatic rings. The molecule has 0 aromatic carbocycles. The zero-order valence-corrected chi connectivity index (χ0v) is 15.5. The largest absolute Gasteiger partial charge is 0.481 e. The van der Waals surface area contributed by atoms with Gasteiger partial charge in [0.05, 0.1) is 5.41 Å². The van der Waals surface area contributed by atoms with Crippen LogP contribution in [0.2, 0.25) is 0 Å². The Labute approximate surface area is 145 Å². The van der Waals surface area contributed by atoms with Crippen LogP contribution in [0.5, 0.6) is 5.88 Å². The van der Waals surface area contributed by atoms with Crippen LogP contribution in [0.3, 0.4) is 0 Å². The molecule has 2 unspecified atom stereocenters. The molecule has 3 N–H and O–H groups in total. The van der Waals surface area contributed by atoms with E-state index in [1.165, 1.54) is 19.4 Å². The minimum absolute atomic E-state index is 0.111. The number of piperidine rings is 1. The lowest BCUT2D eigenvalue weighted by Crippen LogP contribution is -2.48. The average Bonchev–Trinajstić information content (AvgIpc) is 2.52. The van der Waals surface area contributed by atoms with Crippen molar-refractivity contribution >= 4 is 5.97 Å². The molecule has 1 aromatic heterocycles. The minimum atomic E-state index is -0.899. The Bertz CT molecular complexity index is 524. The molecule has 6 heteroatoms. The smallest absolute Gasteiger partial charge is 0.312 e. The van der Waals surface area contributed by atoms with Crippen LogP contribution in [0.25, 0.3) is 0 Å². The average molecular weight is 337 g/mol. The van der Waals surface area contributed by atoms with Crippen molar-refractivity contribution in [3.63, 3.8) is 0 Å². The Kier molecular flexibility index (Phi) is 7.63. The number of carboxylic acids is 1. The van der Waals surface area contributed by atoms with Crippen LogP contribution in [-0.2, 0) is 4.79 Å². The minimum Gasteiger partial charge on any atom is -0.481 e. The van der Waals surface area contributed by atoms with Gasteiger partial charge in [-0.25, -0.2) is 4.98 Å². The van der Waals surface area contributed by atoms with Gasteiger partial charge in [-0.15, -0.1) is 0 Å². The van der Waals surface area contributed by atoms with E-state index in [4.69, 9.17) is 15.6 Å². The summed E-state index contributed by atoms with van der Waals surface area (Å²) in [4.78, 5) is 17.2. The van der Waals surface area contributed by atoms with Crippen LogP contribution in [-0.4, -0.2) is 53.2 Å². The second-order valence-electron chi connectivity index (χ2n) is 7.13. The molecule has 0 saturated carbocycles. The quantitative estimate of drug-likeness (QED) is 0.876. The fourth-order valence-corrected chi connectivity index (χ4v) is 2.28. The Balaban J connectivity index is 0.000000272. The van der Waals surface area contributed by atoms with Gasteiger partial charge in [0.2, 0.25) is 5.88 Å². The van der Waals surface area contributed by atoms with E-state index >= 15 is 0 Å². The summed E-state index contributed by atoms with van der Waals surface area (Å²) in [5.41, 5.74) is 5.83. The van der Waals surface area contributed by atoms with Crippen molar-refractivity contribution < 1.29 is 14.6 Å². The lowest BCUT2D eigenvalue weighted by molar-refractivity contribution is -0.148. The third-order valence-electron chi connectivity index (χ3n) is 4.47. The summed E-state index contributed by atoms with van der Waals surface area (Å²) >= 11 is 0. The molecule has 1 fully saturated rings. The number of hydrogen-bond donors (Lipinski definition) is 2. The highest BCUT2D eigenvalue weighted by atomic mass is 16.5. The molecule has 0 aliphatic carbocycles. The number of pyridine rings is 1. The standard InChI is InChI=1S/C11H15NO3.C7H16N2/c1-8-5-4-6-12-9(8)15-7-11(2,3)10(13)14;1-6-7(8)4-3-5-9(6)2/h4-6H,7H2,1-3H3,(H,13,14);6-7H,3-5,8H2,1-2H3. The van der Waals surface area contributed by atoms with Gasteiger partial charge < -0.3 is 20.5 Å². The zero-order valence-electron chi connectivity index (χ0n) is 15.5. The van der Waals surface area contributed by atoms with Crippen molar-refractivity contribution in [1.29, 1.82) is 0 Å². The molecule has 0 spiro atoms. The number of nitrogens with two attached hydrogens (primary N) is 1. The van der Waals surface area contributed by atoms with Crippen molar-refractivity contribution in [3.05, 3.63) is 23.9 Å². The fraction of sp³-hybridized carbons (Fsp3) is 0.667. The van der Waals surface area contributed by atoms with E-state index in [0.717, 1.165) is 5.56 Å². The molecule has 136 valence electrons. The Morgan fingerprint density at radius 1 is 1.54 bits per heavy atom.